The Labute approximate surface area is 262 Å². The second kappa shape index (κ2) is 22.4. The maximum atomic E-state index is 5.91. The van der Waals surface area contributed by atoms with Crippen LogP contribution in [0, 0.1) is 0 Å². The van der Waals surface area contributed by atoms with Gasteiger partial charge >= 0.3 is 0 Å². The quantitative estimate of drug-likeness (QED) is 0.164. The Kier molecular flexibility index (Phi) is 19.7. The molecule has 9 nitrogen and oxygen atoms in total. The van der Waals surface area contributed by atoms with Gasteiger partial charge in [0.15, 0.2) is 0 Å². The summed E-state index contributed by atoms with van der Waals surface area (Å²) in [6.45, 7) is 21.3. The number of anilines is 2. The summed E-state index contributed by atoms with van der Waals surface area (Å²) in [5, 5.41) is 3.22. The van der Waals surface area contributed by atoms with E-state index in [2.05, 4.69) is 88.5 Å². The number of amidine groups is 1. The molecule has 1 atom stereocenters. The van der Waals surface area contributed by atoms with E-state index in [0.29, 0.717) is 11.8 Å². The predicted molar refractivity (Wildman–Crippen MR) is 184 cm³/mol. The number of likely N-dealkylation sites (N-methyl/N-ethyl adjacent to an activating group) is 1. The average Bonchev–Trinajstić information content (AvgIpc) is 3.44. The fraction of sp³-hybridized carbons (Fsp3) is 0.618. The predicted octanol–water partition coefficient (Wildman–Crippen LogP) is 6.95. The third kappa shape index (κ3) is 14.2. The number of hydrogen-bond acceptors (Lipinski definition) is 8. The topological polar surface area (TPSA) is 87.1 Å². The van der Waals surface area contributed by atoms with Crippen molar-refractivity contribution in [3.8, 4) is 5.88 Å². The van der Waals surface area contributed by atoms with Crippen molar-refractivity contribution < 1.29 is 9.57 Å². The summed E-state index contributed by atoms with van der Waals surface area (Å²) in [6, 6.07) is 8.06. The van der Waals surface area contributed by atoms with E-state index in [9.17, 15) is 0 Å². The number of nitrogens with zero attached hydrogens (tertiary/aromatic N) is 5. The third-order valence-corrected chi connectivity index (χ3v) is 6.63. The zero-order valence-corrected chi connectivity index (χ0v) is 28.6. The van der Waals surface area contributed by atoms with Crippen LogP contribution in [0.2, 0.25) is 0 Å². The van der Waals surface area contributed by atoms with Gasteiger partial charge in [0, 0.05) is 38.9 Å². The van der Waals surface area contributed by atoms with Crippen LogP contribution in [-0.4, -0.2) is 79.7 Å². The first-order chi connectivity index (χ1) is 20.9. The molecule has 2 aliphatic heterocycles. The van der Waals surface area contributed by atoms with Crippen LogP contribution >= 0.6 is 0 Å². The van der Waals surface area contributed by atoms with Crippen LogP contribution in [0.1, 0.15) is 86.1 Å². The molecule has 2 aliphatic rings. The van der Waals surface area contributed by atoms with Crippen molar-refractivity contribution >= 4 is 17.3 Å². The Hall–Kier alpha value is -3.17. The van der Waals surface area contributed by atoms with Crippen molar-refractivity contribution in [2.75, 3.05) is 57.2 Å². The Balaban J connectivity index is 0.000000522. The summed E-state index contributed by atoms with van der Waals surface area (Å²) in [4.78, 5) is 23.2. The highest BCUT2D eigenvalue weighted by atomic mass is 16.7. The monoisotopic (exact) mass is 597 g/mol. The maximum absolute atomic E-state index is 5.91. The van der Waals surface area contributed by atoms with Crippen LogP contribution in [0.25, 0.3) is 0 Å². The number of hydrogen-bond donors (Lipinski definition) is 2. The molecule has 2 aromatic rings. The first kappa shape index (κ1) is 37.9. The highest BCUT2D eigenvalue weighted by Crippen LogP contribution is 2.23. The summed E-state index contributed by atoms with van der Waals surface area (Å²) < 4.78 is 5.91. The minimum atomic E-state index is 0.136. The van der Waals surface area contributed by atoms with Gasteiger partial charge in [-0.25, -0.2) is 9.97 Å². The van der Waals surface area contributed by atoms with Crippen molar-refractivity contribution in [2.24, 2.45) is 4.99 Å². The van der Waals surface area contributed by atoms with Crippen LogP contribution in [-0.2, 0) is 4.84 Å². The number of aromatic nitrogens is 2. The Morgan fingerprint density at radius 1 is 1.02 bits per heavy atom. The van der Waals surface area contributed by atoms with E-state index >= 15 is 0 Å². The van der Waals surface area contributed by atoms with Crippen LogP contribution in [0.3, 0.4) is 0 Å². The number of likely N-dealkylation sites (tertiary alicyclic amines) is 1. The van der Waals surface area contributed by atoms with E-state index in [1.54, 1.807) is 13.2 Å². The molecule has 4 heterocycles. The summed E-state index contributed by atoms with van der Waals surface area (Å²) >= 11 is 0. The van der Waals surface area contributed by atoms with Gasteiger partial charge in [0.1, 0.15) is 23.9 Å². The molecule has 242 valence electrons. The number of nitrogens with one attached hydrogen (secondary N) is 2. The fourth-order valence-electron chi connectivity index (χ4n) is 4.14. The van der Waals surface area contributed by atoms with Crippen LogP contribution in [0.5, 0.6) is 5.88 Å². The molecule has 0 aromatic carbocycles. The molecule has 2 fully saturated rings. The smallest absolute Gasteiger partial charge is 0.213 e. The molecule has 0 spiro atoms. The highest BCUT2D eigenvalue weighted by Gasteiger charge is 2.29. The second-order valence-electron chi connectivity index (χ2n) is 10.4. The van der Waals surface area contributed by atoms with E-state index < -0.39 is 0 Å². The van der Waals surface area contributed by atoms with Crippen molar-refractivity contribution in [2.45, 2.75) is 92.8 Å². The molecule has 0 bridgehead atoms. The molecule has 4 rings (SSSR count). The van der Waals surface area contributed by atoms with Gasteiger partial charge < -0.3 is 19.9 Å². The van der Waals surface area contributed by atoms with Gasteiger partial charge in [-0.1, -0.05) is 67.5 Å². The van der Waals surface area contributed by atoms with E-state index in [0.717, 1.165) is 69.3 Å². The van der Waals surface area contributed by atoms with Crippen molar-refractivity contribution in [1.29, 1.82) is 0 Å². The van der Waals surface area contributed by atoms with E-state index in [4.69, 9.17) is 9.57 Å². The van der Waals surface area contributed by atoms with E-state index in [1.165, 1.54) is 5.56 Å². The number of pyridine rings is 2. The molecule has 0 amide bonds. The third-order valence-electron chi connectivity index (χ3n) is 6.63. The van der Waals surface area contributed by atoms with Crippen molar-refractivity contribution in [1.82, 2.24) is 20.2 Å². The second-order valence-corrected chi connectivity index (χ2v) is 10.4. The standard InChI is InChI=1S/C21H29N5O2.C9H18N2.2C2H6/c1-15(2)16-4-6-20(22-10-16)26-13-19(14-26)28-24-17-5-7-21(23-11-17)27-18-8-9-25(3)12-18;1-4-6-7-9(10-3)11-8-5-2;2*1-2/h4-7,10-11,15,18-19,24H,8-9,12-14H2,1-3H3;6-7H,4-5,8H2,1-3H3,(H,10,11);2*1-2H3/b;7-6-;;/t18-;;;/m1.../s1. The number of ether oxygens (including phenoxy) is 1. The number of allylic oxidation sites excluding steroid dienone is 1. The molecule has 2 saturated heterocycles. The summed E-state index contributed by atoms with van der Waals surface area (Å²) in [5.41, 5.74) is 5.09. The van der Waals surface area contributed by atoms with Gasteiger partial charge in [0.25, 0.3) is 0 Å². The van der Waals surface area contributed by atoms with Gasteiger partial charge in [-0.2, -0.15) is 0 Å². The first-order valence-electron chi connectivity index (χ1n) is 16.2. The molecule has 2 N–H and O–H groups in total. The summed E-state index contributed by atoms with van der Waals surface area (Å²) in [7, 11) is 3.91. The zero-order valence-electron chi connectivity index (χ0n) is 28.6. The van der Waals surface area contributed by atoms with Gasteiger partial charge in [-0.05, 0) is 56.0 Å². The Morgan fingerprint density at radius 2 is 1.77 bits per heavy atom. The molecule has 0 aliphatic carbocycles. The molecule has 0 unspecified atom stereocenters. The lowest BCUT2D eigenvalue weighted by Gasteiger charge is -2.39. The lowest BCUT2D eigenvalue weighted by molar-refractivity contribution is 0.0756. The van der Waals surface area contributed by atoms with Gasteiger partial charge in [-0.3, -0.25) is 15.3 Å². The van der Waals surface area contributed by atoms with E-state index in [-0.39, 0.29) is 12.2 Å². The van der Waals surface area contributed by atoms with Crippen molar-refractivity contribution in [3.05, 3.63) is 54.4 Å². The largest absolute Gasteiger partial charge is 0.473 e. The minimum Gasteiger partial charge on any atom is -0.473 e. The van der Waals surface area contributed by atoms with Gasteiger partial charge in [0.05, 0.1) is 25.0 Å². The Bertz CT molecular complexity index is 1020. The molecule has 43 heavy (non-hydrogen) atoms. The molecule has 9 heteroatoms. The average molecular weight is 598 g/mol. The Morgan fingerprint density at radius 3 is 2.28 bits per heavy atom. The molecule has 2 aromatic heterocycles. The van der Waals surface area contributed by atoms with Crippen LogP contribution in [0.15, 0.2) is 53.8 Å². The molecule has 0 radical (unpaired) electrons. The summed E-state index contributed by atoms with van der Waals surface area (Å²) in [6.07, 6.45) is 11.5. The highest BCUT2D eigenvalue weighted by molar-refractivity contribution is 5.92. The minimum absolute atomic E-state index is 0.136. The number of aliphatic imine (C=N–C) groups is 1. The van der Waals surface area contributed by atoms with E-state index in [1.807, 2.05) is 52.1 Å². The van der Waals surface area contributed by atoms with Gasteiger partial charge in [-0.15, -0.1) is 0 Å². The van der Waals surface area contributed by atoms with Crippen LogP contribution < -0.4 is 20.4 Å². The molecular weight excluding hydrogens is 538 g/mol. The lowest BCUT2D eigenvalue weighted by Crippen LogP contribution is -2.53. The maximum Gasteiger partial charge on any atom is 0.213 e. The SMILES string of the molecule is CC.CC.CC(C)c1ccc(N2CC(ONc3ccc(O[C@@H]4CCN(C)C4)nc3)C2)nc1.CC/C=C\C(=NC)NCCC. The normalized spacial score (nSPS) is 16.8. The lowest BCUT2D eigenvalue weighted by atomic mass is 10.1. The summed E-state index contributed by atoms with van der Waals surface area (Å²) in [5.74, 6) is 3.15. The van der Waals surface area contributed by atoms with Crippen molar-refractivity contribution in [3.63, 3.8) is 0 Å². The molecule has 0 saturated carbocycles. The zero-order chi connectivity index (χ0) is 32.0. The fourth-order valence-corrected chi connectivity index (χ4v) is 4.14. The van der Waals surface area contributed by atoms with Crippen LogP contribution in [0.4, 0.5) is 11.5 Å². The number of rotatable bonds is 11. The van der Waals surface area contributed by atoms with Gasteiger partial charge in [0.2, 0.25) is 5.88 Å². The molecular formula is C34H59N7O2. The first-order valence-corrected chi connectivity index (χ1v) is 16.2.